The predicted octanol–water partition coefficient (Wildman–Crippen LogP) is 3.88. The van der Waals surface area contributed by atoms with Gasteiger partial charge in [0.2, 0.25) is 11.6 Å². The lowest BCUT2D eigenvalue weighted by atomic mass is 9.80. The first-order valence-corrected chi connectivity index (χ1v) is 8.65. The zero-order chi connectivity index (χ0) is 20.8. The van der Waals surface area contributed by atoms with Crippen LogP contribution in [0.5, 0.6) is 5.75 Å². The second kappa shape index (κ2) is 6.64. The van der Waals surface area contributed by atoms with Gasteiger partial charge in [-0.3, -0.25) is 9.59 Å². The molecular weight excluding hydrogens is 360 g/mol. The van der Waals surface area contributed by atoms with Crippen molar-refractivity contribution in [2.24, 2.45) is 0 Å². The Labute approximate surface area is 162 Å². The van der Waals surface area contributed by atoms with E-state index in [9.17, 15) is 24.6 Å². The summed E-state index contributed by atoms with van der Waals surface area (Å²) in [6.07, 6.45) is 0. The minimum absolute atomic E-state index is 0.122. The summed E-state index contributed by atoms with van der Waals surface area (Å²) < 4.78 is 5.33. The van der Waals surface area contributed by atoms with E-state index >= 15 is 0 Å². The Kier molecular flexibility index (Phi) is 4.59. The summed E-state index contributed by atoms with van der Waals surface area (Å²) in [5, 5.41) is 20.4. The van der Waals surface area contributed by atoms with Gasteiger partial charge in [0.05, 0.1) is 12.7 Å². The molecule has 2 aromatic rings. The quantitative estimate of drug-likeness (QED) is 0.784. The number of carbonyl (C=O) groups excluding carboxylic acids is 2. The number of ether oxygens (including phenoxy) is 1. The Hall–Kier alpha value is -3.41. The highest BCUT2D eigenvalue weighted by molar-refractivity contribution is 6.62. The molecule has 1 aliphatic rings. The third-order valence-corrected chi connectivity index (χ3v) is 4.72. The second-order valence-corrected chi connectivity index (χ2v) is 7.59. The molecule has 3 rings (SSSR count). The maximum absolute atomic E-state index is 12.7. The smallest absolute Gasteiger partial charge is 0.339 e. The summed E-state index contributed by atoms with van der Waals surface area (Å²) in [5.41, 5.74) is 0.201. The summed E-state index contributed by atoms with van der Waals surface area (Å²) in [5.74, 6) is -3.02. The molecule has 1 aliphatic carbocycles. The normalized spacial score (nSPS) is 14.1. The van der Waals surface area contributed by atoms with Gasteiger partial charge in [-0.1, -0.05) is 45.0 Å². The average Bonchev–Trinajstić information content (AvgIpc) is 2.65. The van der Waals surface area contributed by atoms with Gasteiger partial charge in [0.1, 0.15) is 17.1 Å². The Balaban J connectivity index is 2.38. The van der Waals surface area contributed by atoms with Crippen LogP contribution < -0.4 is 4.74 Å². The van der Waals surface area contributed by atoms with Crippen molar-refractivity contribution in [3.05, 3.63) is 64.2 Å². The number of rotatable bonds is 3. The number of aromatic carboxylic acids is 1. The fourth-order valence-electron chi connectivity index (χ4n) is 3.34. The standard InChI is InChI=1S/C22H20O6/c1-22(2,3)15-10-11(9-14(21(26)27)20(15)28-4)16-17(23)12-7-5-6-8-13(12)18(24)19(16)25/h5-10,23H,1-4H3,(H,26,27). The SMILES string of the molecule is COc1c(C(=O)O)cc(C2=C(O)c3ccccc3C(=O)C2=O)cc1C(C)(C)C. The van der Waals surface area contributed by atoms with Crippen LogP contribution in [0.4, 0.5) is 0 Å². The molecule has 6 nitrogen and oxygen atoms in total. The average molecular weight is 380 g/mol. The molecule has 0 saturated heterocycles. The van der Waals surface area contributed by atoms with E-state index in [0.717, 1.165) is 0 Å². The van der Waals surface area contributed by atoms with Crippen molar-refractivity contribution >= 4 is 28.9 Å². The third-order valence-electron chi connectivity index (χ3n) is 4.72. The highest BCUT2D eigenvalue weighted by atomic mass is 16.5. The van der Waals surface area contributed by atoms with E-state index in [-0.39, 0.29) is 39.3 Å². The molecule has 0 bridgehead atoms. The highest BCUT2D eigenvalue weighted by Gasteiger charge is 2.35. The topological polar surface area (TPSA) is 101 Å². The number of aliphatic hydroxyl groups excluding tert-OH is 1. The van der Waals surface area contributed by atoms with Crippen LogP contribution in [0.15, 0.2) is 36.4 Å². The number of aliphatic hydroxyl groups is 1. The van der Waals surface area contributed by atoms with E-state index in [1.807, 2.05) is 20.8 Å². The second-order valence-electron chi connectivity index (χ2n) is 7.59. The molecular formula is C22H20O6. The van der Waals surface area contributed by atoms with Gasteiger partial charge < -0.3 is 14.9 Å². The zero-order valence-electron chi connectivity index (χ0n) is 16.0. The number of ketones is 2. The molecule has 144 valence electrons. The molecule has 0 unspecified atom stereocenters. The van der Waals surface area contributed by atoms with Crippen LogP contribution in [0.1, 0.15) is 58.2 Å². The van der Waals surface area contributed by atoms with Crippen LogP contribution in [-0.2, 0) is 10.2 Å². The van der Waals surface area contributed by atoms with E-state index in [4.69, 9.17) is 4.74 Å². The Morgan fingerprint density at radius 1 is 1.00 bits per heavy atom. The number of carboxylic acids is 1. The Morgan fingerprint density at radius 3 is 2.14 bits per heavy atom. The first-order valence-electron chi connectivity index (χ1n) is 8.65. The number of fused-ring (bicyclic) bond motifs is 1. The fourth-order valence-corrected chi connectivity index (χ4v) is 3.34. The molecule has 0 atom stereocenters. The van der Waals surface area contributed by atoms with Gasteiger partial charge >= 0.3 is 5.97 Å². The van der Waals surface area contributed by atoms with Gasteiger partial charge in [-0.25, -0.2) is 4.79 Å². The molecule has 0 radical (unpaired) electrons. The molecule has 0 saturated carbocycles. The first-order chi connectivity index (χ1) is 13.1. The molecule has 2 N–H and O–H groups in total. The summed E-state index contributed by atoms with van der Waals surface area (Å²) in [6.45, 7) is 5.62. The van der Waals surface area contributed by atoms with Gasteiger partial charge in [-0.15, -0.1) is 0 Å². The lowest BCUT2D eigenvalue weighted by molar-refractivity contribution is -0.110. The number of benzene rings is 2. The number of hydrogen-bond donors (Lipinski definition) is 2. The van der Waals surface area contributed by atoms with Gasteiger partial charge in [0.25, 0.3) is 0 Å². The van der Waals surface area contributed by atoms with Gasteiger partial charge in [0.15, 0.2) is 0 Å². The number of allylic oxidation sites excluding steroid dienone is 1. The molecule has 28 heavy (non-hydrogen) atoms. The number of hydrogen-bond acceptors (Lipinski definition) is 5. The highest BCUT2D eigenvalue weighted by Crippen LogP contribution is 2.40. The van der Waals surface area contributed by atoms with E-state index in [1.165, 1.54) is 19.2 Å². The van der Waals surface area contributed by atoms with E-state index in [2.05, 4.69) is 0 Å². The Morgan fingerprint density at radius 2 is 1.61 bits per heavy atom. The maximum atomic E-state index is 12.7. The fraction of sp³-hybridized carbons (Fsp3) is 0.227. The van der Waals surface area contributed by atoms with Gasteiger partial charge in [-0.2, -0.15) is 0 Å². The largest absolute Gasteiger partial charge is 0.506 e. The summed E-state index contributed by atoms with van der Waals surface area (Å²) in [4.78, 5) is 37.1. The number of methoxy groups -OCH3 is 1. The minimum atomic E-state index is -1.24. The number of Topliss-reactive ketones (excluding diaryl/α,β-unsaturated/α-hetero) is 2. The van der Waals surface area contributed by atoms with Crippen LogP contribution in [0.3, 0.4) is 0 Å². The van der Waals surface area contributed by atoms with Crippen LogP contribution >= 0.6 is 0 Å². The zero-order valence-corrected chi connectivity index (χ0v) is 16.0. The van der Waals surface area contributed by atoms with Crippen LogP contribution in [-0.4, -0.2) is 34.9 Å². The van der Waals surface area contributed by atoms with E-state index in [0.29, 0.717) is 5.56 Å². The molecule has 0 heterocycles. The van der Waals surface area contributed by atoms with Crippen LogP contribution in [0, 0.1) is 0 Å². The van der Waals surface area contributed by atoms with Gasteiger partial charge in [-0.05, 0) is 23.1 Å². The Bertz CT molecular complexity index is 1050. The van der Waals surface area contributed by atoms with Crippen LogP contribution in [0.2, 0.25) is 0 Å². The van der Waals surface area contributed by atoms with E-state index < -0.39 is 23.0 Å². The van der Waals surface area contributed by atoms with Crippen molar-refractivity contribution in [3.8, 4) is 5.75 Å². The summed E-state index contributed by atoms with van der Waals surface area (Å²) in [6, 6.07) is 9.11. The first kappa shape index (κ1) is 19.4. The van der Waals surface area contributed by atoms with Crippen molar-refractivity contribution in [3.63, 3.8) is 0 Å². The summed E-state index contributed by atoms with van der Waals surface area (Å²) >= 11 is 0. The minimum Gasteiger partial charge on any atom is -0.506 e. The van der Waals surface area contributed by atoms with Gasteiger partial charge in [0, 0.05) is 16.7 Å². The van der Waals surface area contributed by atoms with Crippen molar-refractivity contribution < 1.29 is 29.3 Å². The predicted molar refractivity (Wildman–Crippen MR) is 104 cm³/mol. The lowest BCUT2D eigenvalue weighted by Crippen LogP contribution is -2.24. The lowest BCUT2D eigenvalue weighted by Gasteiger charge is -2.25. The molecule has 0 spiro atoms. The maximum Gasteiger partial charge on any atom is 0.339 e. The van der Waals surface area contributed by atoms with Crippen molar-refractivity contribution in [2.45, 2.75) is 26.2 Å². The molecule has 0 aliphatic heterocycles. The van der Waals surface area contributed by atoms with Crippen molar-refractivity contribution in [2.75, 3.05) is 7.11 Å². The van der Waals surface area contributed by atoms with Crippen molar-refractivity contribution in [1.82, 2.24) is 0 Å². The number of carboxylic acid groups (broad SMARTS) is 1. The molecule has 0 fully saturated rings. The van der Waals surface area contributed by atoms with E-state index in [1.54, 1.807) is 24.3 Å². The van der Waals surface area contributed by atoms with Crippen LogP contribution in [0.25, 0.3) is 11.3 Å². The molecule has 6 heteroatoms. The third kappa shape index (κ3) is 2.97. The number of carbonyl (C=O) groups is 3. The monoisotopic (exact) mass is 380 g/mol. The molecule has 2 aromatic carbocycles. The van der Waals surface area contributed by atoms with Crippen molar-refractivity contribution in [1.29, 1.82) is 0 Å². The summed E-state index contributed by atoms with van der Waals surface area (Å²) in [7, 11) is 1.37. The molecule has 0 aromatic heterocycles. The molecule has 0 amide bonds.